The maximum atomic E-state index is 13.5. The predicted octanol–water partition coefficient (Wildman–Crippen LogP) is 4.48. The van der Waals surface area contributed by atoms with Crippen LogP contribution in [0.1, 0.15) is 28.2 Å². The van der Waals surface area contributed by atoms with E-state index in [9.17, 15) is 4.79 Å². The zero-order valence-electron chi connectivity index (χ0n) is 18.8. The SMILES string of the molecule is O=C(c1cc(-c2ccccc2)n[nH]1)N(Cc1ccc(OC2CCOC2)cc1)Cc1ccccn1. The molecule has 1 unspecified atom stereocenters. The molecule has 0 bridgehead atoms. The van der Waals surface area contributed by atoms with Gasteiger partial charge in [0.2, 0.25) is 0 Å². The van der Waals surface area contributed by atoms with Crippen molar-refractivity contribution in [2.24, 2.45) is 0 Å². The fourth-order valence-electron chi connectivity index (χ4n) is 3.94. The lowest BCUT2D eigenvalue weighted by Gasteiger charge is -2.22. The van der Waals surface area contributed by atoms with E-state index in [1.165, 1.54) is 0 Å². The minimum Gasteiger partial charge on any atom is -0.488 e. The Kier molecular flexibility index (Phi) is 6.63. The first-order valence-electron chi connectivity index (χ1n) is 11.4. The molecule has 2 aromatic heterocycles. The highest BCUT2D eigenvalue weighted by molar-refractivity contribution is 5.93. The molecule has 5 rings (SSSR count). The summed E-state index contributed by atoms with van der Waals surface area (Å²) in [5.41, 5.74) is 3.95. The van der Waals surface area contributed by atoms with Gasteiger partial charge in [-0.25, -0.2) is 0 Å². The van der Waals surface area contributed by atoms with E-state index in [2.05, 4.69) is 15.2 Å². The first-order chi connectivity index (χ1) is 16.7. The monoisotopic (exact) mass is 454 g/mol. The molecule has 1 saturated heterocycles. The molecule has 4 aromatic rings. The molecule has 1 aliphatic heterocycles. The van der Waals surface area contributed by atoms with Crippen molar-refractivity contribution < 1.29 is 14.3 Å². The van der Waals surface area contributed by atoms with Crippen LogP contribution < -0.4 is 4.74 Å². The number of nitrogens with one attached hydrogen (secondary N) is 1. The van der Waals surface area contributed by atoms with Crippen molar-refractivity contribution in [1.82, 2.24) is 20.1 Å². The van der Waals surface area contributed by atoms with E-state index in [1.54, 1.807) is 17.2 Å². The maximum Gasteiger partial charge on any atom is 0.272 e. The molecule has 7 nitrogen and oxygen atoms in total. The predicted molar refractivity (Wildman–Crippen MR) is 128 cm³/mol. The number of amides is 1. The van der Waals surface area contributed by atoms with Gasteiger partial charge < -0.3 is 14.4 Å². The quantitative estimate of drug-likeness (QED) is 0.425. The summed E-state index contributed by atoms with van der Waals surface area (Å²) in [6.45, 7) is 2.19. The van der Waals surface area contributed by atoms with Gasteiger partial charge in [-0.3, -0.25) is 14.9 Å². The Bertz CT molecular complexity index is 1200. The van der Waals surface area contributed by atoms with Crippen molar-refractivity contribution in [3.63, 3.8) is 0 Å². The lowest BCUT2D eigenvalue weighted by molar-refractivity contribution is 0.0722. The summed E-state index contributed by atoms with van der Waals surface area (Å²) in [4.78, 5) is 19.7. The van der Waals surface area contributed by atoms with E-state index in [0.29, 0.717) is 25.4 Å². The number of carbonyl (C=O) groups is 1. The zero-order valence-corrected chi connectivity index (χ0v) is 18.8. The topological polar surface area (TPSA) is 80.3 Å². The van der Waals surface area contributed by atoms with E-state index in [1.807, 2.05) is 72.8 Å². The van der Waals surface area contributed by atoms with Gasteiger partial charge in [0.05, 0.1) is 31.1 Å². The van der Waals surface area contributed by atoms with E-state index >= 15 is 0 Å². The summed E-state index contributed by atoms with van der Waals surface area (Å²) in [6, 6.07) is 25.2. The molecule has 1 atom stereocenters. The average molecular weight is 455 g/mol. The number of carbonyl (C=O) groups excluding carboxylic acids is 1. The van der Waals surface area contributed by atoms with Gasteiger partial charge in [0.25, 0.3) is 5.91 Å². The van der Waals surface area contributed by atoms with Gasteiger partial charge in [-0.2, -0.15) is 5.10 Å². The van der Waals surface area contributed by atoms with Crippen LogP contribution in [0.2, 0.25) is 0 Å². The highest BCUT2D eigenvalue weighted by atomic mass is 16.5. The molecule has 1 amide bonds. The van der Waals surface area contributed by atoms with Crippen LogP contribution in [0.15, 0.2) is 85.1 Å². The van der Waals surface area contributed by atoms with Gasteiger partial charge in [0, 0.05) is 24.7 Å². The highest BCUT2D eigenvalue weighted by Crippen LogP contribution is 2.21. The Morgan fingerprint density at radius 3 is 2.59 bits per heavy atom. The van der Waals surface area contributed by atoms with Crippen LogP contribution in [0.3, 0.4) is 0 Å². The smallest absolute Gasteiger partial charge is 0.272 e. The molecule has 1 fully saturated rings. The van der Waals surface area contributed by atoms with Crippen molar-refractivity contribution in [3.8, 4) is 17.0 Å². The van der Waals surface area contributed by atoms with Crippen LogP contribution >= 0.6 is 0 Å². The number of ether oxygens (including phenoxy) is 2. The lowest BCUT2D eigenvalue weighted by atomic mass is 10.1. The molecule has 7 heteroatoms. The van der Waals surface area contributed by atoms with Crippen LogP contribution in [-0.2, 0) is 17.8 Å². The van der Waals surface area contributed by atoms with Gasteiger partial charge >= 0.3 is 0 Å². The van der Waals surface area contributed by atoms with Crippen molar-refractivity contribution >= 4 is 5.91 Å². The number of aromatic nitrogens is 3. The first-order valence-corrected chi connectivity index (χ1v) is 11.4. The average Bonchev–Trinajstić information content (AvgIpc) is 3.58. The molecular formula is C27H26N4O3. The number of nitrogens with zero attached hydrogens (tertiary/aromatic N) is 3. The molecular weight excluding hydrogens is 428 g/mol. The second-order valence-electron chi connectivity index (χ2n) is 8.26. The number of pyridine rings is 1. The third kappa shape index (κ3) is 5.32. The summed E-state index contributed by atoms with van der Waals surface area (Å²) in [5.74, 6) is 0.673. The fourth-order valence-corrected chi connectivity index (χ4v) is 3.94. The summed E-state index contributed by atoms with van der Waals surface area (Å²) < 4.78 is 11.3. The second kappa shape index (κ2) is 10.3. The molecule has 0 radical (unpaired) electrons. The van der Waals surface area contributed by atoms with Gasteiger partial charge in [-0.05, 0) is 35.9 Å². The summed E-state index contributed by atoms with van der Waals surface area (Å²) >= 11 is 0. The van der Waals surface area contributed by atoms with Gasteiger partial charge in [0.1, 0.15) is 17.5 Å². The molecule has 1 aliphatic rings. The van der Waals surface area contributed by atoms with Crippen LogP contribution in [0.4, 0.5) is 0 Å². The van der Waals surface area contributed by atoms with Gasteiger partial charge in [-0.15, -0.1) is 0 Å². The Hall–Kier alpha value is -3.97. The summed E-state index contributed by atoms with van der Waals surface area (Å²) in [7, 11) is 0. The molecule has 172 valence electrons. The van der Waals surface area contributed by atoms with E-state index < -0.39 is 0 Å². The van der Waals surface area contributed by atoms with Crippen molar-refractivity contribution in [3.05, 3.63) is 102 Å². The molecule has 1 N–H and O–H groups in total. The van der Waals surface area contributed by atoms with Crippen molar-refractivity contribution in [2.45, 2.75) is 25.6 Å². The van der Waals surface area contributed by atoms with Crippen LogP contribution in [0.25, 0.3) is 11.3 Å². The highest BCUT2D eigenvalue weighted by Gasteiger charge is 2.21. The van der Waals surface area contributed by atoms with Gasteiger partial charge in [0.15, 0.2) is 0 Å². The molecule has 0 saturated carbocycles. The normalized spacial score (nSPS) is 15.2. The number of rotatable bonds is 8. The third-order valence-electron chi connectivity index (χ3n) is 5.73. The number of H-pyrrole nitrogens is 1. The number of benzene rings is 2. The third-order valence-corrected chi connectivity index (χ3v) is 5.73. The number of aromatic amines is 1. The Balaban J connectivity index is 1.34. The number of hydrogen-bond acceptors (Lipinski definition) is 5. The molecule has 0 aliphatic carbocycles. The minimum atomic E-state index is -0.135. The van der Waals surface area contributed by atoms with Crippen LogP contribution in [-0.4, -0.2) is 45.3 Å². The largest absolute Gasteiger partial charge is 0.488 e. The Morgan fingerprint density at radius 2 is 1.85 bits per heavy atom. The summed E-state index contributed by atoms with van der Waals surface area (Å²) in [6.07, 6.45) is 2.75. The van der Waals surface area contributed by atoms with Crippen molar-refractivity contribution in [1.29, 1.82) is 0 Å². The van der Waals surface area contributed by atoms with Crippen LogP contribution in [0.5, 0.6) is 5.75 Å². The molecule has 2 aromatic carbocycles. The zero-order chi connectivity index (χ0) is 23.2. The van der Waals surface area contributed by atoms with Crippen molar-refractivity contribution in [2.75, 3.05) is 13.2 Å². The summed E-state index contributed by atoms with van der Waals surface area (Å²) in [5, 5.41) is 7.26. The minimum absolute atomic E-state index is 0.104. The van der Waals surface area contributed by atoms with E-state index in [0.717, 1.165) is 41.3 Å². The fraction of sp³-hybridized carbons (Fsp3) is 0.222. The molecule has 3 heterocycles. The standard InChI is InChI=1S/C27H26N4O3/c32-27(26-16-25(29-30-26)21-6-2-1-3-7-21)31(18-22-8-4-5-14-28-22)17-20-9-11-23(12-10-20)34-24-13-15-33-19-24/h1-12,14,16,24H,13,15,17-19H2,(H,29,30). The Morgan fingerprint density at radius 1 is 1.03 bits per heavy atom. The maximum absolute atomic E-state index is 13.5. The number of hydrogen-bond donors (Lipinski definition) is 1. The van der Waals surface area contributed by atoms with Crippen LogP contribution in [0, 0.1) is 0 Å². The van der Waals surface area contributed by atoms with Gasteiger partial charge in [-0.1, -0.05) is 48.5 Å². The first kappa shape index (κ1) is 21.9. The Labute approximate surface area is 198 Å². The van der Waals surface area contributed by atoms with E-state index in [-0.39, 0.29) is 12.0 Å². The molecule has 0 spiro atoms. The molecule has 34 heavy (non-hydrogen) atoms. The van der Waals surface area contributed by atoms with E-state index in [4.69, 9.17) is 9.47 Å². The lowest BCUT2D eigenvalue weighted by Crippen LogP contribution is -2.30. The second-order valence-corrected chi connectivity index (χ2v) is 8.26.